The fourth-order valence-corrected chi connectivity index (χ4v) is 4.10. The van der Waals surface area contributed by atoms with Gasteiger partial charge in [-0.15, -0.1) is 0 Å². The van der Waals surface area contributed by atoms with Crippen molar-refractivity contribution in [1.29, 1.82) is 0 Å². The first-order valence-corrected chi connectivity index (χ1v) is 9.35. The molecule has 6 heteroatoms. The number of urea groups is 1. The van der Waals surface area contributed by atoms with Crippen LogP contribution in [0.4, 0.5) is 4.79 Å². The molecule has 0 unspecified atom stereocenters. The van der Waals surface area contributed by atoms with Crippen LogP contribution in [0.25, 0.3) is 0 Å². The van der Waals surface area contributed by atoms with Crippen LogP contribution in [0.3, 0.4) is 0 Å². The quantitative estimate of drug-likeness (QED) is 0.863. The van der Waals surface area contributed by atoms with Crippen molar-refractivity contribution in [2.45, 2.75) is 56.7 Å². The minimum Gasteiger partial charge on any atom is -0.486 e. The Morgan fingerprint density at radius 1 is 1.08 bits per heavy atom. The second-order valence-electron chi connectivity index (χ2n) is 7.21. The van der Waals surface area contributed by atoms with E-state index in [1.807, 2.05) is 23.1 Å². The molecule has 1 atom stereocenters. The molecule has 2 amide bonds. The number of carbonyl (C=O) groups is 1. The highest BCUT2D eigenvalue weighted by Crippen LogP contribution is 2.38. The Hall–Kier alpha value is -1.95. The molecule has 1 aromatic carbocycles. The van der Waals surface area contributed by atoms with Gasteiger partial charge in [-0.2, -0.15) is 0 Å². The lowest BCUT2D eigenvalue weighted by molar-refractivity contribution is 0.114. The molecule has 0 bridgehead atoms. The third-order valence-corrected chi connectivity index (χ3v) is 5.49. The maximum atomic E-state index is 12.8. The van der Waals surface area contributed by atoms with Gasteiger partial charge in [-0.1, -0.05) is 6.07 Å². The molecule has 2 aliphatic heterocycles. The number of nitrogens with one attached hydrogen (secondary N) is 1. The van der Waals surface area contributed by atoms with Crippen molar-refractivity contribution in [1.82, 2.24) is 10.2 Å². The topological polar surface area (TPSA) is 71.0 Å². The standard InChI is InChI=1S/C19H26N2O4/c22-15-6-4-14(5-7-15)20-19(23)21-9-1-2-16(21)13-3-8-17-18(12-13)25-11-10-24-17/h3,8,12,14-16,22H,1-2,4-7,9-11H2,(H,20,23)/t14?,15?,16-/m0/s1. The van der Waals surface area contributed by atoms with Gasteiger partial charge in [0.1, 0.15) is 13.2 Å². The molecule has 2 heterocycles. The van der Waals surface area contributed by atoms with E-state index in [0.29, 0.717) is 13.2 Å². The number of aliphatic hydroxyl groups excluding tert-OH is 1. The smallest absolute Gasteiger partial charge is 0.318 e. The highest BCUT2D eigenvalue weighted by molar-refractivity contribution is 5.75. The first kappa shape index (κ1) is 16.5. The van der Waals surface area contributed by atoms with Crippen LogP contribution < -0.4 is 14.8 Å². The summed E-state index contributed by atoms with van der Waals surface area (Å²) >= 11 is 0. The molecule has 3 aliphatic rings. The summed E-state index contributed by atoms with van der Waals surface area (Å²) in [4.78, 5) is 14.7. The van der Waals surface area contributed by atoms with Gasteiger partial charge in [-0.3, -0.25) is 0 Å². The van der Waals surface area contributed by atoms with Gasteiger partial charge in [0.2, 0.25) is 0 Å². The van der Waals surface area contributed by atoms with E-state index in [-0.39, 0.29) is 24.2 Å². The van der Waals surface area contributed by atoms with Crippen LogP contribution in [0, 0.1) is 0 Å². The Balaban J connectivity index is 1.44. The molecule has 0 spiro atoms. The summed E-state index contributed by atoms with van der Waals surface area (Å²) in [5.74, 6) is 1.56. The molecular weight excluding hydrogens is 320 g/mol. The molecular formula is C19H26N2O4. The van der Waals surface area contributed by atoms with E-state index in [1.165, 1.54) is 0 Å². The normalized spacial score (nSPS) is 28.7. The summed E-state index contributed by atoms with van der Waals surface area (Å²) in [6.45, 7) is 1.93. The van der Waals surface area contributed by atoms with Crippen LogP contribution in [0.5, 0.6) is 11.5 Å². The minimum absolute atomic E-state index is 0.0128. The average molecular weight is 346 g/mol. The fraction of sp³-hybridized carbons (Fsp3) is 0.632. The Morgan fingerprint density at radius 2 is 1.84 bits per heavy atom. The predicted octanol–water partition coefficient (Wildman–Crippen LogP) is 2.61. The lowest BCUT2D eigenvalue weighted by Gasteiger charge is -2.31. The van der Waals surface area contributed by atoms with Crippen LogP contribution in [-0.2, 0) is 0 Å². The number of aliphatic hydroxyl groups is 1. The highest BCUT2D eigenvalue weighted by Gasteiger charge is 2.32. The molecule has 1 aliphatic carbocycles. The highest BCUT2D eigenvalue weighted by atomic mass is 16.6. The largest absolute Gasteiger partial charge is 0.486 e. The molecule has 0 radical (unpaired) electrons. The maximum absolute atomic E-state index is 12.8. The second-order valence-corrected chi connectivity index (χ2v) is 7.21. The first-order valence-electron chi connectivity index (χ1n) is 9.35. The van der Waals surface area contributed by atoms with E-state index in [4.69, 9.17) is 9.47 Å². The van der Waals surface area contributed by atoms with Gasteiger partial charge in [0.05, 0.1) is 12.1 Å². The lowest BCUT2D eigenvalue weighted by Crippen LogP contribution is -2.46. The molecule has 136 valence electrons. The average Bonchev–Trinajstić information content (AvgIpc) is 3.13. The number of rotatable bonds is 2. The SMILES string of the molecule is O=C(NC1CCC(O)CC1)N1CCC[C@H]1c1ccc2c(c1)OCCO2. The molecule has 2 N–H and O–H groups in total. The zero-order chi connectivity index (χ0) is 17.2. The molecule has 1 saturated carbocycles. The second kappa shape index (κ2) is 7.12. The van der Waals surface area contributed by atoms with E-state index in [0.717, 1.165) is 62.1 Å². The van der Waals surface area contributed by atoms with Crippen molar-refractivity contribution in [3.8, 4) is 11.5 Å². The Morgan fingerprint density at radius 3 is 2.64 bits per heavy atom. The molecule has 1 saturated heterocycles. The summed E-state index contributed by atoms with van der Waals surface area (Å²) in [5, 5.41) is 12.8. The van der Waals surface area contributed by atoms with E-state index < -0.39 is 0 Å². The molecule has 25 heavy (non-hydrogen) atoms. The van der Waals surface area contributed by atoms with Gasteiger partial charge in [0.25, 0.3) is 0 Å². The van der Waals surface area contributed by atoms with Crippen molar-refractivity contribution >= 4 is 6.03 Å². The number of carbonyl (C=O) groups excluding carboxylic acids is 1. The number of benzene rings is 1. The third-order valence-electron chi connectivity index (χ3n) is 5.49. The number of fused-ring (bicyclic) bond motifs is 1. The Kier molecular flexibility index (Phi) is 4.70. The summed E-state index contributed by atoms with van der Waals surface area (Å²) in [5.41, 5.74) is 1.11. The minimum atomic E-state index is -0.203. The van der Waals surface area contributed by atoms with Crippen LogP contribution in [0.1, 0.15) is 50.1 Å². The number of hydrogen-bond acceptors (Lipinski definition) is 4. The summed E-state index contributed by atoms with van der Waals surface area (Å²) < 4.78 is 11.3. The molecule has 0 aromatic heterocycles. The van der Waals surface area contributed by atoms with Gasteiger partial charge >= 0.3 is 6.03 Å². The summed E-state index contributed by atoms with van der Waals surface area (Å²) in [7, 11) is 0. The van der Waals surface area contributed by atoms with Crippen molar-refractivity contribution in [2.75, 3.05) is 19.8 Å². The number of amides is 2. The van der Waals surface area contributed by atoms with Crippen LogP contribution in [0.2, 0.25) is 0 Å². The lowest BCUT2D eigenvalue weighted by atomic mass is 9.93. The molecule has 4 rings (SSSR count). The number of likely N-dealkylation sites (tertiary alicyclic amines) is 1. The van der Waals surface area contributed by atoms with Gasteiger partial charge in [0.15, 0.2) is 11.5 Å². The van der Waals surface area contributed by atoms with E-state index >= 15 is 0 Å². The zero-order valence-corrected chi connectivity index (χ0v) is 14.4. The van der Waals surface area contributed by atoms with E-state index in [2.05, 4.69) is 5.32 Å². The van der Waals surface area contributed by atoms with Crippen LogP contribution in [-0.4, -0.2) is 47.9 Å². The van der Waals surface area contributed by atoms with Gasteiger partial charge in [-0.05, 0) is 56.2 Å². The summed E-state index contributed by atoms with van der Waals surface area (Å²) in [6, 6.07) is 6.28. The Labute approximate surface area is 148 Å². The van der Waals surface area contributed by atoms with Gasteiger partial charge in [-0.25, -0.2) is 4.79 Å². The summed E-state index contributed by atoms with van der Waals surface area (Å²) in [6.07, 6.45) is 5.04. The zero-order valence-electron chi connectivity index (χ0n) is 14.4. The van der Waals surface area contributed by atoms with Gasteiger partial charge < -0.3 is 24.8 Å². The van der Waals surface area contributed by atoms with Crippen molar-refractivity contribution in [3.05, 3.63) is 23.8 Å². The van der Waals surface area contributed by atoms with Crippen molar-refractivity contribution < 1.29 is 19.4 Å². The number of ether oxygens (including phenoxy) is 2. The molecule has 2 fully saturated rings. The monoisotopic (exact) mass is 346 g/mol. The first-order chi connectivity index (χ1) is 12.2. The molecule has 1 aromatic rings. The van der Waals surface area contributed by atoms with Crippen LogP contribution >= 0.6 is 0 Å². The number of hydrogen-bond donors (Lipinski definition) is 2. The van der Waals surface area contributed by atoms with Crippen molar-refractivity contribution in [3.63, 3.8) is 0 Å². The Bertz CT molecular complexity index is 628. The van der Waals surface area contributed by atoms with Crippen molar-refractivity contribution in [2.24, 2.45) is 0 Å². The van der Waals surface area contributed by atoms with Crippen LogP contribution in [0.15, 0.2) is 18.2 Å². The fourth-order valence-electron chi connectivity index (χ4n) is 4.10. The van der Waals surface area contributed by atoms with Gasteiger partial charge in [0, 0.05) is 12.6 Å². The third kappa shape index (κ3) is 3.54. The van der Waals surface area contributed by atoms with E-state index in [9.17, 15) is 9.90 Å². The maximum Gasteiger partial charge on any atom is 0.318 e. The molecule has 6 nitrogen and oxygen atoms in total. The predicted molar refractivity (Wildman–Crippen MR) is 92.9 cm³/mol. The van der Waals surface area contributed by atoms with E-state index in [1.54, 1.807) is 0 Å². The number of nitrogens with zero attached hydrogens (tertiary/aromatic N) is 1.